The molecule has 2 rings (SSSR count). The minimum atomic E-state index is -1.17. The van der Waals surface area contributed by atoms with Crippen molar-refractivity contribution in [2.75, 3.05) is 13.7 Å². The zero-order chi connectivity index (χ0) is 31.3. The Morgan fingerprint density at radius 2 is 1.45 bits per heavy atom. The molecule has 3 atom stereocenters. The van der Waals surface area contributed by atoms with Crippen molar-refractivity contribution in [2.24, 2.45) is 5.92 Å². The fourth-order valence-electron chi connectivity index (χ4n) is 3.91. The first kappa shape index (κ1) is 34.2. The number of nitrogens with one attached hydrogen (secondary N) is 3. The Morgan fingerprint density at radius 1 is 0.857 bits per heavy atom. The third-order valence-corrected chi connectivity index (χ3v) is 6.04. The molecule has 3 amide bonds. The average Bonchev–Trinajstić information content (AvgIpc) is 2.93. The molecule has 9 nitrogen and oxygen atoms in total. The summed E-state index contributed by atoms with van der Waals surface area (Å²) in [6, 6.07) is 11.6. The van der Waals surface area contributed by atoms with Crippen LogP contribution in [0.15, 0.2) is 60.7 Å². The van der Waals surface area contributed by atoms with Gasteiger partial charge in [-0.15, -0.1) is 0 Å². The van der Waals surface area contributed by atoms with Gasteiger partial charge in [0, 0.05) is 12.5 Å². The van der Waals surface area contributed by atoms with Gasteiger partial charge in [-0.05, 0) is 62.4 Å². The van der Waals surface area contributed by atoms with Gasteiger partial charge in [-0.2, -0.15) is 0 Å². The maximum atomic E-state index is 13.6. The zero-order valence-electron chi connectivity index (χ0n) is 25.1. The summed E-state index contributed by atoms with van der Waals surface area (Å²) in [5.74, 6) is -2.69. The number of ether oxygens (including phenoxy) is 2. The topological polar surface area (TPSA) is 123 Å². The van der Waals surface area contributed by atoms with Gasteiger partial charge in [-0.1, -0.05) is 56.3 Å². The lowest BCUT2D eigenvalue weighted by atomic mass is 10.0. The minimum absolute atomic E-state index is 0.0849. The van der Waals surface area contributed by atoms with Gasteiger partial charge in [0.2, 0.25) is 17.7 Å². The molecule has 0 bridgehead atoms. The number of hydrogen-bond acceptors (Lipinski definition) is 6. The summed E-state index contributed by atoms with van der Waals surface area (Å²) in [5, 5.41) is 8.08. The number of carbonyl (C=O) groups excluding carboxylic acids is 4. The van der Waals surface area contributed by atoms with Gasteiger partial charge < -0.3 is 25.4 Å². The standard InChI is InChI=1S/C32H42FN3O6/c1-21(2)18-26(31(40)41-6)35-30(39)27(20-42-32(3,4)5)36-29(38)25(19-23-10-8-7-9-11-23)34-28(37)17-14-22-12-15-24(33)16-13-22/h7-17,21,25-27H,18-20H2,1-6H3,(H,34,37)(H,35,39)(H,36,38)/b17-14+/t25-,26-,27-/m0/s1. The molecule has 2 aromatic rings. The first-order chi connectivity index (χ1) is 19.8. The molecule has 0 spiro atoms. The van der Waals surface area contributed by atoms with Gasteiger partial charge in [0.05, 0.1) is 19.3 Å². The van der Waals surface area contributed by atoms with E-state index in [2.05, 4.69) is 16.0 Å². The van der Waals surface area contributed by atoms with Gasteiger partial charge in [0.15, 0.2) is 0 Å². The lowest BCUT2D eigenvalue weighted by molar-refractivity contribution is -0.146. The van der Waals surface area contributed by atoms with E-state index in [-0.39, 0.29) is 18.9 Å². The van der Waals surface area contributed by atoms with Crippen LogP contribution in [0.1, 0.15) is 52.2 Å². The van der Waals surface area contributed by atoms with Crippen LogP contribution in [0.5, 0.6) is 0 Å². The van der Waals surface area contributed by atoms with Gasteiger partial charge >= 0.3 is 5.97 Å². The largest absolute Gasteiger partial charge is 0.467 e. The van der Waals surface area contributed by atoms with Crippen molar-refractivity contribution >= 4 is 29.8 Å². The van der Waals surface area contributed by atoms with E-state index < -0.39 is 53.2 Å². The van der Waals surface area contributed by atoms with Crippen LogP contribution in [0, 0.1) is 11.7 Å². The smallest absolute Gasteiger partial charge is 0.328 e. The first-order valence-corrected chi connectivity index (χ1v) is 13.9. The van der Waals surface area contributed by atoms with Crippen molar-refractivity contribution in [3.8, 4) is 0 Å². The highest BCUT2D eigenvalue weighted by Gasteiger charge is 2.31. The van der Waals surface area contributed by atoms with E-state index in [4.69, 9.17) is 9.47 Å². The second-order valence-electron chi connectivity index (χ2n) is 11.3. The summed E-state index contributed by atoms with van der Waals surface area (Å²) < 4.78 is 23.9. The van der Waals surface area contributed by atoms with Crippen LogP contribution in [0.4, 0.5) is 4.39 Å². The van der Waals surface area contributed by atoms with E-state index in [0.29, 0.717) is 12.0 Å². The Labute approximate surface area is 247 Å². The average molecular weight is 584 g/mol. The van der Waals surface area contributed by atoms with E-state index >= 15 is 0 Å². The van der Waals surface area contributed by atoms with Crippen LogP contribution < -0.4 is 16.0 Å². The second kappa shape index (κ2) is 16.4. The highest BCUT2D eigenvalue weighted by atomic mass is 19.1. The maximum Gasteiger partial charge on any atom is 0.328 e. The summed E-state index contributed by atoms with van der Waals surface area (Å²) in [7, 11) is 1.24. The van der Waals surface area contributed by atoms with E-state index in [1.165, 1.54) is 43.5 Å². The molecule has 42 heavy (non-hydrogen) atoms. The SMILES string of the molecule is COC(=O)[C@H](CC(C)C)NC(=O)[C@H](COC(C)(C)C)NC(=O)[C@H](Cc1ccccc1)NC(=O)/C=C/c1ccc(F)cc1. The van der Waals surface area contributed by atoms with E-state index in [0.717, 1.165) is 5.56 Å². The van der Waals surface area contributed by atoms with Gasteiger partial charge in [0.25, 0.3) is 0 Å². The normalized spacial score (nSPS) is 13.7. The number of esters is 1. The Morgan fingerprint density at radius 3 is 2.02 bits per heavy atom. The fourth-order valence-corrected chi connectivity index (χ4v) is 3.91. The molecule has 0 aliphatic heterocycles. The molecule has 228 valence electrons. The number of rotatable bonds is 14. The highest BCUT2D eigenvalue weighted by Crippen LogP contribution is 2.11. The molecule has 10 heteroatoms. The lowest BCUT2D eigenvalue weighted by Crippen LogP contribution is -2.58. The molecule has 0 fully saturated rings. The van der Waals surface area contributed by atoms with Crippen LogP contribution in [-0.4, -0.2) is 61.1 Å². The van der Waals surface area contributed by atoms with Gasteiger partial charge in [-0.3, -0.25) is 14.4 Å². The first-order valence-electron chi connectivity index (χ1n) is 13.9. The van der Waals surface area contributed by atoms with Gasteiger partial charge in [0.1, 0.15) is 23.9 Å². The van der Waals surface area contributed by atoms with Crippen LogP contribution in [0.2, 0.25) is 0 Å². The number of benzene rings is 2. The van der Waals surface area contributed by atoms with Crippen molar-refractivity contribution in [1.29, 1.82) is 0 Å². The zero-order valence-corrected chi connectivity index (χ0v) is 25.1. The quantitative estimate of drug-likeness (QED) is 0.231. The number of methoxy groups -OCH3 is 1. The molecule has 0 unspecified atom stereocenters. The molecule has 0 aliphatic carbocycles. The predicted molar refractivity (Wildman–Crippen MR) is 159 cm³/mol. The number of halogens is 1. The molecule has 0 heterocycles. The van der Waals surface area contributed by atoms with E-state index in [9.17, 15) is 23.6 Å². The molecule has 0 aromatic heterocycles. The molecule has 0 saturated heterocycles. The number of amides is 3. The third kappa shape index (κ3) is 12.6. The van der Waals surface area contributed by atoms with Crippen molar-refractivity contribution in [3.05, 3.63) is 77.6 Å². The minimum Gasteiger partial charge on any atom is -0.467 e. The maximum absolute atomic E-state index is 13.6. The Bertz CT molecular complexity index is 1210. The second-order valence-corrected chi connectivity index (χ2v) is 11.3. The summed E-state index contributed by atoms with van der Waals surface area (Å²) in [6.45, 7) is 9.08. The Balaban J connectivity index is 2.27. The fraction of sp³-hybridized carbons (Fsp3) is 0.438. The van der Waals surface area contributed by atoms with Crippen LogP contribution in [-0.2, 0) is 35.1 Å². The molecule has 2 aromatic carbocycles. The Hall–Kier alpha value is -4.05. The lowest BCUT2D eigenvalue weighted by Gasteiger charge is -2.28. The summed E-state index contributed by atoms with van der Waals surface area (Å²) in [4.78, 5) is 52.1. The van der Waals surface area contributed by atoms with Gasteiger partial charge in [-0.25, -0.2) is 9.18 Å². The molecule has 3 N–H and O–H groups in total. The molecule has 0 aliphatic rings. The Kier molecular flexibility index (Phi) is 13.3. The van der Waals surface area contributed by atoms with Crippen molar-refractivity contribution in [3.63, 3.8) is 0 Å². The third-order valence-electron chi connectivity index (χ3n) is 6.04. The highest BCUT2D eigenvalue weighted by molar-refractivity contribution is 5.97. The molecule has 0 saturated carbocycles. The van der Waals surface area contributed by atoms with Crippen molar-refractivity contribution in [2.45, 2.75) is 71.2 Å². The van der Waals surface area contributed by atoms with Crippen LogP contribution in [0.3, 0.4) is 0 Å². The van der Waals surface area contributed by atoms with Crippen LogP contribution >= 0.6 is 0 Å². The van der Waals surface area contributed by atoms with Crippen molar-refractivity contribution in [1.82, 2.24) is 16.0 Å². The number of hydrogen-bond donors (Lipinski definition) is 3. The molecule has 0 radical (unpaired) electrons. The monoisotopic (exact) mass is 583 g/mol. The summed E-state index contributed by atoms with van der Waals surface area (Å²) >= 11 is 0. The molecular weight excluding hydrogens is 541 g/mol. The summed E-state index contributed by atoms with van der Waals surface area (Å²) in [6.07, 6.45) is 3.24. The predicted octanol–water partition coefficient (Wildman–Crippen LogP) is 3.57. The van der Waals surface area contributed by atoms with E-state index in [1.807, 2.05) is 65.0 Å². The van der Waals surface area contributed by atoms with Crippen LogP contribution in [0.25, 0.3) is 6.08 Å². The number of carbonyl (C=O) groups is 4. The summed E-state index contributed by atoms with van der Waals surface area (Å²) in [5.41, 5.74) is 0.773. The van der Waals surface area contributed by atoms with Crippen molar-refractivity contribution < 1.29 is 33.0 Å². The van der Waals surface area contributed by atoms with E-state index in [1.54, 1.807) is 0 Å². The molecular formula is C32H42FN3O6.